The van der Waals surface area contributed by atoms with Crippen molar-refractivity contribution in [1.82, 2.24) is 4.98 Å². The molecule has 5 nitrogen and oxygen atoms in total. The summed E-state index contributed by atoms with van der Waals surface area (Å²) in [7, 11) is -1.82. The number of benzene rings is 1. The fourth-order valence-electron chi connectivity index (χ4n) is 3.27. The van der Waals surface area contributed by atoms with Gasteiger partial charge < -0.3 is 9.15 Å². The quantitative estimate of drug-likeness (QED) is 0.482. The summed E-state index contributed by atoms with van der Waals surface area (Å²) in [6.45, 7) is 0.371. The zero-order valence-corrected chi connectivity index (χ0v) is 17.7. The van der Waals surface area contributed by atoms with Gasteiger partial charge in [0, 0.05) is 22.9 Å². The molecule has 1 aliphatic rings. The minimum atomic E-state index is -1.82. The molecule has 0 fully saturated rings. The average Bonchev–Trinajstić information content (AvgIpc) is 3.42. The summed E-state index contributed by atoms with van der Waals surface area (Å²) in [5, 5.41) is 1.89. The van der Waals surface area contributed by atoms with Crippen LogP contribution in [0.3, 0.4) is 0 Å². The lowest BCUT2D eigenvalue weighted by Crippen LogP contribution is -2.17. The molecule has 0 bridgehead atoms. The second-order valence-corrected chi connectivity index (χ2v) is 8.88. The summed E-state index contributed by atoms with van der Waals surface area (Å²) < 4.78 is 40.6. The van der Waals surface area contributed by atoms with E-state index in [0.29, 0.717) is 12.4 Å². The Morgan fingerprint density at radius 2 is 2.34 bits per heavy atom. The topological polar surface area (TPSA) is 64.4 Å². The van der Waals surface area contributed by atoms with Gasteiger partial charge in [0.15, 0.2) is 11.0 Å². The second kappa shape index (κ2) is 9.11. The second-order valence-electron chi connectivity index (χ2n) is 6.57. The Balaban J connectivity index is 1.46. The predicted molar refractivity (Wildman–Crippen MR) is 113 cm³/mol. The number of allylic oxidation sites excluding steroid dienone is 1. The molecular formula is C20H18ClFN2O3S2. The maximum Gasteiger partial charge on any atom is 0.154 e. The van der Waals surface area contributed by atoms with Crippen LogP contribution in [0, 0.1) is 11.7 Å². The molecule has 29 heavy (non-hydrogen) atoms. The van der Waals surface area contributed by atoms with Crippen LogP contribution in [-0.2, 0) is 11.0 Å². The predicted octanol–water partition coefficient (Wildman–Crippen LogP) is 5.93. The third-order valence-electron chi connectivity index (χ3n) is 4.67. The van der Waals surface area contributed by atoms with Crippen molar-refractivity contribution in [2.24, 2.45) is 5.92 Å². The highest BCUT2D eigenvalue weighted by Gasteiger charge is 2.22. The Morgan fingerprint density at radius 1 is 1.45 bits per heavy atom. The standard InChI is InChI=1S/C20H18ClFN2O3S2/c21-16-7-19(29(25)24-20-11-28-12-23-20)17(22)8-18(16)27-10-13-3-1-2-4-15(13)14-5-6-26-9-14/h4-9,11-13,24H,1-3,10H2. The van der Waals surface area contributed by atoms with E-state index in [1.165, 1.54) is 29.0 Å². The van der Waals surface area contributed by atoms with Gasteiger partial charge in [-0.05, 0) is 37.0 Å². The lowest BCUT2D eigenvalue weighted by molar-refractivity contribution is 0.267. The highest BCUT2D eigenvalue weighted by Crippen LogP contribution is 2.35. The van der Waals surface area contributed by atoms with Crippen molar-refractivity contribution < 1.29 is 17.8 Å². The van der Waals surface area contributed by atoms with E-state index in [1.807, 2.05) is 6.07 Å². The molecule has 1 aliphatic carbocycles. The number of hydrogen-bond donors (Lipinski definition) is 1. The first-order chi connectivity index (χ1) is 14.1. The van der Waals surface area contributed by atoms with Crippen LogP contribution >= 0.6 is 22.9 Å². The highest BCUT2D eigenvalue weighted by molar-refractivity contribution is 7.86. The maximum absolute atomic E-state index is 14.6. The molecule has 0 spiro atoms. The number of anilines is 1. The van der Waals surface area contributed by atoms with Crippen LogP contribution in [-0.4, -0.2) is 15.8 Å². The van der Waals surface area contributed by atoms with Crippen molar-refractivity contribution in [3.8, 4) is 5.75 Å². The van der Waals surface area contributed by atoms with E-state index < -0.39 is 16.8 Å². The first kappa shape index (κ1) is 20.1. The van der Waals surface area contributed by atoms with Crippen molar-refractivity contribution in [1.29, 1.82) is 0 Å². The van der Waals surface area contributed by atoms with E-state index in [0.717, 1.165) is 24.8 Å². The van der Waals surface area contributed by atoms with Gasteiger partial charge in [-0.2, -0.15) is 0 Å². The number of rotatable bonds is 7. The van der Waals surface area contributed by atoms with E-state index in [9.17, 15) is 8.60 Å². The summed E-state index contributed by atoms with van der Waals surface area (Å²) in [4.78, 5) is 3.93. The van der Waals surface area contributed by atoms with Gasteiger partial charge in [-0.25, -0.2) is 13.6 Å². The van der Waals surface area contributed by atoms with Crippen LogP contribution in [0.25, 0.3) is 5.57 Å². The number of halogens is 2. The number of thiazole rings is 1. The number of furan rings is 1. The Labute approximate surface area is 179 Å². The van der Waals surface area contributed by atoms with Gasteiger partial charge in [0.25, 0.3) is 0 Å². The van der Waals surface area contributed by atoms with Gasteiger partial charge in [0.05, 0.1) is 34.6 Å². The lowest BCUT2D eigenvalue weighted by Gasteiger charge is -2.24. The lowest BCUT2D eigenvalue weighted by atomic mass is 9.85. The molecule has 9 heteroatoms. The summed E-state index contributed by atoms with van der Waals surface area (Å²) in [6.07, 6.45) is 8.61. The van der Waals surface area contributed by atoms with E-state index in [2.05, 4.69) is 15.8 Å². The number of aromatic nitrogens is 1. The minimum Gasteiger partial charge on any atom is -0.491 e. The fraction of sp³-hybridized carbons (Fsp3) is 0.250. The zero-order valence-electron chi connectivity index (χ0n) is 15.3. The van der Waals surface area contributed by atoms with Crippen molar-refractivity contribution in [2.75, 3.05) is 11.3 Å². The van der Waals surface area contributed by atoms with Crippen LogP contribution in [0.5, 0.6) is 5.75 Å². The third kappa shape index (κ3) is 4.71. The highest BCUT2D eigenvalue weighted by atomic mass is 35.5. The largest absolute Gasteiger partial charge is 0.491 e. The van der Waals surface area contributed by atoms with Crippen LogP contribution in [0.1, 0.15) is 24.8 Å². The fourth-order valence-corrected chi connectivity index (χ4v) is 4.98. The molecule has 0 amide bonds. The van der Waals surface area contributed by atoms with E-state index in [-0.39, 0.29) is 21.6 Å². The molecule has 2 atom stereocenters. The van der Waals surface area contributed by atoms with Gasteiger partial charge in [0.1, 0.15) is 17.4 Å². The molecule has 0 saturated heterocycles. The molecule has 2 unspecified atom stereocenters. The number of ether oxygens (including phenoxy) is 1. The molecule has 2 aromatic heterocycles. The van der Waals surface area contributed by atoms with Crippen LogP contribution in [0.15, 0.2) is 57.0 Å². The van der Waals surface area contributed by atoms with Crippen molar-refractivity contribution in [3.63, 3.8) is 0 Å². The van der Waals surface area contributed by atoms with E-state index in [1.54, 1.807) is 23.4 Å². The van der Waals surface area contributed by atoms with Crippen LogP contribution in [0.4, 0.5) is 10.2 Å². The molecule has 2 heterocycles. The number of hydrogen-bond acceptors (Lipinski definition) is 5. The van der Waals surface area contributed by atoms with Crippen LogP contribution in [0.2, 0.25) is 5.02 Å². The summed E-state index contributed by atoms with van der Waals surface area (Å²) in [6, 6.07) is 4.44. The number of nitrogens with zero attached hydrogens (tertiary/aromatic N) is 1. The van der Waals surface area contributed by atoms with Crippen molar-refractivity contribution >= 4 is 45.3 Å². The van der Waals surface area contributed by atoms with Gasteiger partial charge in [-0.3, -0.25) is 4.72 Å². The normalized spacial score (nSPS) is 17.6. The van der Waals surface area contributed by atoms with Gasteiger partial charge in [0.2, 0.25) is 0 Å². The summed E-state index contributed by atoms with van der Waals surface area (Å²) in [5.74, 6) is 0.163. The third-order valence-corrected chi connectivity index (χ3v) is 6.66. The molecule has 152 valence electrons. The van der Waals surface area contributed by atoms with Crippen LogP contribution < -0.4 is 9.46 Å². The Bertz CT molecular complexity index is 1020. The molecule has 0 saturated carbocycles. The SMILES string of the molecule is O=S(Nc1cscn1)c1cc(Cl)c(OCC2CCCC=C2c2ccoc2)cc1F. The Hall–Kier alpha value is -2.16. The molecule has 1 N–H and O–H groups in total. The molecule has 3 aromatic rings. The average molecular weight is 453 g/mol. The van der Waals surface area contributed by atoms with Gasteiger partial charge in [-0.15, -0.1) is 11.3 Å². The molecule has 4 rings (SSSR count). The van der Waals surface area contributed by atoms with Crippen molar-refractivity contribution in [2.45, 2.75) is 24.2 Å². The first-order valence-corrected chi connectivity index (χ1v) is 11.5. The minimum absolute atomic E-state index is 0.0491. The smallest absolute Gasteiger partial charge is 0.154 e. The zero-order chi connectivity index (χ0) is 20.2. The van der Waals surface area contributed by atoms with E-state index >= 15 is 0 Å². The maximum atomic E-state index is 14.6. The number of nitrogens with one attached hydrogen (secondary N) is 1. The summed E-state index contributed by atoms with van der Waals surface area (Å²) >= 11 is 7.63. The summed E-state index contributed by atoms with van der Waals surface area (Å²) in [5.41, 5.74) is 3.80. The molecule has 1 aromatic carbocycles. The molecular weight excluding hydrogens is 435 g/mol. The Kier molecular flexibility index (Phi) is 6.32. The Morgan fingerprint density at radius 3 is 3.10 bits per heavy atom. The van der Waals surface area contributed by atoms with Crippen molar-refractivity contribution in [3.05, 3.63) is 64.1 Å². The molecule has 0 aliphatic heterocycles. The molecule has 0 radical (unpaired) electrons. The first-order valence-electron chi connectivity index (χ1n) is 9.03. The van der Waals surface area contributed by atoms with Gasteiger partial charge >= 0.3 is 0 Å². The monoisotopic (exact) mass is 452 g/mol. The van der Waals surface area contributed by atoms with Gasteiger partial charge in [-0.1, -0.05) is 17.7 Å². The van der Waals surface area contributed by atoms with E-state index in [4.69, 9.17) is 20.8 Å².